The molecule has 3 aromatic rings. The molecule has 0 fully saturated rings. The Morgan fingerprint density at radius 2 is 1.78 bits per heavy atom. The van der Waals surface area contributed by atoms with Crippen molar-refractivity contribution >= 4 is 23.4 Å². The van der Waals surface area contributed by atoms with Gasteiger partial charge >= 0.3 is 0 Å². The van der Waals surface area contributed by atoms with E-state index in [1.807, 2.05) is 0 Å². The second kappa shape index (κ2) is 12.8. The Morgan fingerprint density at radius 3 is 2.47 bits per heavy atom. The lowest BCUT2D eigenvalue weighted by atomic mass is 9.98. The Morgan fingerprint density at radius 1 is 1.06 bits per heavy atom. The van der Waals surface area contributed by atoms with E-state index in [0.29, 0.717) is 36.4 Å². The first kappa shape index (κ1) is 26.8. The summed E-state index contributed by atoms with van der Waals surface area (Å²) in [4.78, 5) is 23.6. The first-order valence-corrected chi connectivity index (χ1v) is 11.9. The maximum Gasteiger partial charge on any atom is 0.274 e. The number of hydrogen-bond acceptors (Lipinski definition) is 8. The van der Waals surface area contributed by atoms with Crippen LogP contribution in [0.3, 0.4) is 0 Å². The van der Waals surface area contributed by atoms with E-state index in [9.17, 15) is 19.8 Å². The number of carbonyl (C=O) groups excluding carboxylic acids is 2. The maximum absolute atomic E-state index is 12.6. The largest absolute Gasteiger partial charge is 0.507 e. The van der Waals surface area contributed by atoms with E-state index in [2.05, 4.69) is 10.5 Å². The molecule has 0 bridgehead atoms. The number of aromatic hydroxyl groups is 2. The summed E-state index contributed by atoms with van der Waals surface area (Å²) in [5.74, 6) is -0.649. The lowest BCUT2D eigenvalue weighted by Gasteiger charge is -2.10. The number of benzene rings is 2. The normalized spacial score (nSPS) is 10.8. The summed E-state index contributed by atoms with van der Waals surface area (Å²) in [6.07, 6.45) is 3.52. The molecule has 0 atom stereocenters. The Bertz CT molecular complexity index is 1200. The number of nitrogens with one attached hydrogen (secondary N) is 2. The summed E-state index contributed by atoms with van der Waals surface area (Å²) in [7, 11) is 0. The molecule has 3 rings (SSSR count). The number of aromatic nitrogens is 1. The van der Waals surface area contributed by atoms with Gasteiger partial charge in [0.2, 0.25) is 5.91 Å². The maximum atomic E-state index is 12.6. The van der Waals surface area contributed by atoms with Crippen LogP contribution >= 0.6 is 11.6 Å². The second-order valence-electron chi connectivity index (χ2n) is 7.99. The van der Waals surface area contributed by atoms with Crippen LogP contribution < -0.4 is 15.5 Å². The number of hydrogen-bond donors (Lipinski definition) is 5. The van der Waals surface area contributed by atoms with Gasteiger partial charge in [0, 0.05) is 19.0 Å². The molecular formula is C25H28ClN3O7. The molecule has 2 aromatic carbocycles. The van der Waals surface area contributed by atoms with Gasteiger partial charge in [-0.05, 0) is 43.5 Å². The van der Waals surface area contributed by atoms with Gasteiger partial charge in [0.05, 0.1) is 22.8 Å². The average Bonchev–Trinajstić information content (AvgIpc) is 3.31. The molecule has 0 saturated heterocycles. The van der Waals surface area contributed by atoms with E-state index in [0.717, 1.165) is 25.3 Å². The minimum absolute atomic E-state index is 0.00474. The van der Waals surface area contributed by atoms with Crippen LogP contribution in [0.5, 0.6) is 17.2 Å². The van der Waals surface area contributed by atoms with E-state index in [1.165, 1.54) is 6.07 Å². The van der Waals surface area contributed by atoms with E-state index in [-0.39, 0.29) is 45.9 Å². The van der Waals surface area contributed by atoms with Crippen molar-refractivity contribution in [3.8, 4) is 39.7 Å². The van der Waals surface area contributed by atoms with Crippen molar-refractivity contribution < 1.29 is 34.3 Å². The minimum Gasteiger partial charge on any atom is -0.507 e. The van der Waals surface area contributed by atoms with Gasteiger partial charge < -0.3 is 24.8 Å². The standard InChI is InChI=1S/C25H28ClN3O7/c1-2-27-25(33)23-22(24(36-29-23)17-13-18(26)20(31)14-19(17)30)15-8-10-16(11-9-15)35-12-6-4-3-5-7-21(32)28-34/h8-11,13-14,30-31,34H,2-7,12H2,1H3,(H,27,33)(H,28,32). The van der Waals surface area contributed by atoms with Gasteiger partial charge in [-0.2, -0.15) is 0 Å². The molecule has 0 aliphatic rings. The number of rotatable bonds is 12. The fourth-order valence-electron chi connectivity index (χ4n) is 3.58. The summed E-state index contributed by atoms with van der Waals surface area (Å²) < 4.78 is 11.2. The highest BCUT2D eigenvalue weighted by atomic mass is 35.5. The molecule has 1 aromatic heterocycles. The SMILES string of the molecule is CCNC(=O)c1noc(-c2cc(Cl)c(O)cc2O)c1-c1ccc(OCCCCCCC(=O)NO)cc1. The predicted octanol–water partition coefficient (Wildman–Crippen LogP) is 4.66. The van der Waals surface area contributed by atoms with Crippen LogP contribution in [-0.2, 0) is 4.79 Å². The number of halogens is 1. The van der Waals surface area contributed by atoms with Crippen molar-refractivity contribution in [2.45, 2.75) is 39.0 Å². The van der Waals surface area contributed by atoms with Crippen molar-refractivity contribution in [2.75, 3.05) is 13.2 Å². The minimum atomic E-state index is -0.441. The van der Waals surface area contributed by atoms with Crippen molar-refractivity contribution in [3.63, 3.8) is 0 Å². The third kappa shape index (κ3) is 6.67. The monoisotopic (exact) mass is 517 g/mol. The van der Waals surface area contributed by atoms with Gasteiger partial charge in [0.25, 0.3) is 5.91 Å². The van der Waals surface area contributed by atoms with Gasteiger partial charge in [0.1, 0.15) is 17.2 Å². The zero-order valence-electron chi connectivity index (χ0n) is 19.7. The summed E-state index contributed by atoms with van der Waals surface area (Å²) >= 11 is 6.04. The molecule has 11 heteroatoms. The molecule has 0 aliphatic carbocycles. The molecule has 10 nitrogen and oxygen atoms in total. The summed E-state index contributed by atoms with van der Waals surface area (Å²) in [6.45, 7) is 2.66. The summed E-state index contributed by atoms with van der Waals surface area (Å²) in [5.41, 5.74) is 2.79. The molecular weight excluding hydrogens is 490 g/mol. The molecule has 192 valence electrons. The van der Waals surface area contributed by atoms with Gasteiger partial charge in [-0.3, -0.25) is 14.8 Å². The van der Waals surface area contributed by atoms with E-state index < -0.39 is 5.91 Å². The van der Waals surface area contributed by atoms with Crippen molar-refractivity contribution in [3.05, 3.63) is 47.1 Å². The van der Waals surface area contributed by atoms with E-state index in [4.69, 9.17) is 26.1 Å². The number of nitrogens with zero attached hydrogens (tertiary/aromatic N) is 1. The Kier molecular flexibility index (Phi) is 9.54. The third-order valence-electron chi connectivity index (χ3n) is 5.39. The molecule has 0 aliphatic heterocycles. The van der Waals surface area contributed by atoms with Crippen LogP contribution in [0.1, 0.15) is 49.5 Å². The van der Waals surface area contributed by atoms with Gasteiger partial charge in [-0.15, -0.1) is 0 Å². The number of amides is 2. The van der Waals surface area contributed by atoms with Crippen molar-refractivity contribution in [1.29, 1.82) is 0 Å². The number of ether oxygens (including phenoxy) is 1. The second-order valence-corrected chi connectivity index (χ2v) is 8.39. The quantitative estimate of drug-likeness (QED) is 0.132. The zero-order valence-corrected chi connectivity index (χ0v) is 20.5. The first-order valence-electron chi connectivity index (χ1n) is 11.5. The van der Waals surface area contributed by atoms with E-state index in [1.54, 1.807) is 36.7 Å². The van der Waals surface area contributed by atoms with Crippen LogP contribution in [0.15, 0.2) is 40.9 Å². The third-order valence-corrected chi connectivity index (χ3v) is 5.69. The van der Waals surface area contributed by atoms with Crippen LogP contribution in [0, 0.1) is 0 Å². The van der Waals surface area contributed by atoms with Crippen molar-refractivity contribution in [2.24, 2.45) is 0 Å². The molecule has 0 radical (unpaired) electrons. The molecule has 2 amide bonds. The Hall–Kier alpha value is -3.76. The van der Waals surface area contributed by atoms with Crippen LogP contribution in [-0.4, -0.2) is 45.5 Å². The van der Waals surface area contributed by atoms with E-state index >= 15 is 0 Å². The smallest absolute Gasteiger partial charge is 0.274 e. The highest BCUT2D eigenvalue weighted by molar-refractivity contribution is 6.32. The Labute approximate surface area is 212 Å². The first-order chi connectivity index (χ1) is 17.3. The molecule has 36 heavy (non-hydrogen) atoms. The summed E-state index contributed by atoms with van der Waals surface area (Å²) in [6, 6.07) is 9.44. The van der Waals surface area contributed by atoms with Gasteiger partial charge in [-0.25, -0.2) is 5.48 Å². The Balaban J connectivity index is 1.75. The van der Waals surface area contributed by atoms with Crippen molar-refractivity contribution in [1.82, 2.24) is 16.0 Å². The zero-order chi connectivity index (χ0) is 26.1. The molecule has 5 N–H and O–H groups in total. The molecule has 0 spiro atoms. The molecule has 0 unspecified atom stereocenters. The fraction of sp³-hybridized carbons (Fsp3) is 0.320. The van der Waals surface area contributed by atoms with Gasteiger partial charge in [-0.1, -0.05) is 41.7 Å². The molecule has 1 heterocycles. The predicted molar refractivity (Wildman–Crippen MR) is 132 cm³/mol. The number of phenols is 2. The van der Waals surface area contributed by atoms with Crippen LogP contribution in [0.25, 0.3) is 22.5 Å². The average molecular weight is 518 g/mol. The topological polar surface area (TPSA) is 154 Å². The number of phenolic OH excluding ortho intramolecular Hbond substituents is 2. The van der Waals surface area contributed by atoms with Gasteiger partial charge in [0.15, 0.2) is 11.5 Å². The highest BCUT2D eigenvalue weighted by Crippen LogP contribution is 2.43. The van der Waals surface area contributed by atoms with Crippen LogP contribution in [0.2, 0.25) is 5.02 Å². The fourth-order valence-corrected chi connectivity index (χ4v) is 3.74. The lowest BCUT2D eigenvalue weighted by Crippen LogP contribution is -2.23. The summed E-state index contributed by atoms with van der Waals surface area (Å²) in [5, 5.41) is 35.3. The number of unbranched alkanes of at least 4 members (excludes halogenated alkanes) is 3. The highest BCUT2D eigenvalue weighted by Gasteiger charge is 2.26. The number of hydroxylamine groups is 1. The van der Waals surface area contributed by atoms with Crippen LogP contribution in [0.4, 0.5) is 0 Å². The molecule has 0 saturated carbocycles. The number of carbonyl (C=O) groups is 2. The lowest BCUT2D eigenvalue weighted by molar-refractivity contribution is -0.129.